The van der Waals surface area contributed by atoms with Gasteiger partial charge < -0.3 is 5.73 Å². The van der Waals surface area contributed by atoms with E-state index in [1.54, 1.807) is 13.8 Å². The Kier molecular flexibility index (Phi) is 4.04. The second kappa shape index (κ2) is 4.82. The van der Waals surface area contributed by atoms with Crippen molar-refractivity contribution in [3.63, 3.8) is 0 Å². The molecule has 1 aromatic rings. The average molecular weight is 270 g/mol. The Morgan fingerprint density at radius 2 is 1.65 bits per heavy atom. The number of nitrogens with two attached hydrogens (primary N) is 1. The summed E-state index contributed by atoms with van der Waals surface area (Å²) in [6.07, 6.45) is -3.82. The van der Waals surface area contributed by atoms with Crippen LogP contribution in [0.25, 0.3) is 0 Å². The number of alkyl halides is 4. The van der Waals surface area contributed by atoms with Crippen LogP contribution in [0.1, 0.15) is 22.7 Å². The van der Waals surface area contributed by atoms with Crippen LogP contribution in [-0.4, -0.2) is 12.3 Å². The molecule has 17 heavy (non-hydrogen) atoms. The van der Waals surface area contributed by atoms with Crippen molar-refractivity contribution in [2.24, 2.45) is 5.73 Å². The Bertz CT molecular complexity index is 420. The zero-order valence-corrected chi connectivity index (χ0v) is 10.0. The molecule has 1 rings (SSSR count). The van der Waals surface area contributed by atoms with Crippen molar-refractivity contribution in [2.45, 2.75) is 32.2 Å². The van der Waals surface area contributed by atoms with Gasteiger partial charge in [0.1, 0.15) is 6.04 Å². The summed E-state index contributed by atoms with van der Waals surface area (Å²) in [6.45, 7) is 3.41. The molecule has 0 bridgehead atoms. The monoisotopic (exact) mass is 269 g/mol. The largest absolute Gasteiger partial charge is 0.326 e. The Hall–Kier alpha value is -0.810. The lowest BCUT2D eigenvalue weighted by atomic mass is 9.97. The highest BCUT2D eigenvalue weighted by Crippen LogP contribution is 2.38. The first-order chi connectivity index (χ1) is 7.67. The number of rotatable bonds is 3. The van der Waals surface area contributed by atoms with Crippen LogP contribution >= 0.6 is 11.6 Å². The Balaban J connectivity index is 3.21. The van der Waals surface area contributed by atoms with Crippen molar-refractivity contribution < 1.29 is 17.6 Å². The van der Waals surface area contributed by atoms with Gasteiger partial charge in [0.15, 0.2) is 0 Å². The maximum atomic E-state index is 13.1. The highest BCUT2D eigenvalue weighted by molar-refractivity contribution is 6.31. The zero-order chi connectivity index (χ0) is 13.4. The third kappa shape index (κ3) is 2.72. The molecule has 6 heteroatoms. The van der Waals surface area contributed by atoms with Gasteiger partial charge in [-0.2, -0.15) is 8.78 Å². The predicted octanol–water partition coefficient (Wildman–Crippen LogP) is 3.86. The molecule has 0 spiro atoms. The lowest BCUT2D eigenvalue weighted by Crippen LogP contribution is -2.39. The van der Waals surface area contributed by atoms with Crippen LogP contribution in [0, 0.1) is 13.8 Å². The van der Waals surface area contributed by atoms with Gasteiger partial charge in [-0.1, -0.05) is 17.7 Å². The topological polar surface area (TPSA) is 26.0 Å². The van der Waals surface area contributed by atoms with Crippen molar-refractivity contribution in [1.82, 2.24) is 0 Å². The van der Waals surface area contributed by atoms with Gasteiger partial charge in [-0.05, 0) is 36.6 Å². The van der Waals surface area contributed by atoms with Gasteiger partial charge >= 0.3 is 12.3 Å². The molecule has 0 fully saturated rings. The summed E-state index contributed by atoms with van der Waals surface area (Å²) in [5.41, 5.74) is 6.47. The molecule has 0 amide bonds. The molecule has 0 aliphatic rings. The van der Waals surface area contributed by atoms with Crippen LogP contribution < -0.4 is 5.73 Å². The van der Waals surface area contributed by atoms with Crippen molar-refractivity contribution in [1.29, 1.82) is 0 Å². The number of aryl methyl sites for hydroxylation is 2. The third-order valence-electron chi connectivity index (χ3n) is 2.65. The fourth-order valence-corrected chi connectivity index (χ4v) is 1.72. The number of halogens is 5. The molecule has 0 saturated carbocycles. The van der Waals surface area contributed by atoms with Gasteiger partial charge in [0.2, 0.25) is 0 Å². The van der Waals surface area contributed by atoms with Gasteiger partial charge in [0.25, 0.3) is 0 Å². The van der Waals surface area contributed by atoms with Crippen molar-refractivity contribution in [3.8, 4) is 0 Å². The van der Waals surface area contributed by atoms with Crippen LogP contribution in [0.4, 0.5) is 17.6 Å². The molecule has 0 aliphatic heterocycles. The Labute approximate surface area is 102 Å². The van der Waals surface area contributed by atoms with Gasteiger partial charge in [0, 0.05) is 5.02 Å². The van der Waals surface area contributed by atoms with E-state index >= 15 is 0 Å². The van der Waals surface area contributed by atoms with Gasteiger partial charge in [-0.3, -0.25) is 0 Å². The minimum absolute atomic E-state index is 0.0269. The molecule has 0 heterocycles. The van der Waals surface area contributed by atoms with E-state index < -0.39 is 18.4 Å². The SMILES string of the molecule is Cc1cc(Cl)c(C(N)C(F)(F)C(F)F)cc1C. The fourth-order valence-electron chi connectivity index (χ4n) is 1.38. The van der Waals surface area contributed by atoms with E-state index in [-0.39, 0.29) is 10.6 Å². The molecule has 96 valence electrons. The maximum Gasteiger partial charge on any atom is 0.326 e. The molecule has 0 saturated heterocycles. The molecule has 2 N–H and O–H groups in total. The van der Waals surface area contributed by atoms with E-state index in [0.717, 1.165) is 5.56 Å². The first-order valence-electron chi connectivity index (χ1n) is 4.86. The van der Waals surface area contributed by atoms with Crippen LogP contribution in [0.3, 0.4) is 0 Å². The molecule has 0 aromatic heterocycles. The fraction of sp³-hybridized carbons (Fsp3) is 0.455. The first-order valence-corrected chi connectivity index (χ1v) is 5.24. The summed E-state index contributed by atoms with van der Waals surface area (Å²) in [6, 6.07) is 0.640. The van der Waals surface area contributed by atoms with E-state index in [4.69, 9.17) is 17.3 Å². The summed E-state index contributed by atoms with van der Waals surface area (Å²) >= 11 is 5.75. The molecular formula is C11H12ClF4N. The minimum Gasteiger partial charge on any atom is -0.319 e. The van der Waals surface area contributed by atoms with Gasteiger partial charge in [-0.25, -0.2) is 8.78 Å². The summed E-state index contributed by atoms with van der Waals surface area (Å²) in [5, 5.41) is -0.0269. The number of hydrogen-bond donors (Lipinski definition) is 1. The summed E-state index contributed by atoms with van der Waals surface area (Å²) < 4.78 is 50.6. The first kappa shape index (κ1) is 14.3. The van der Waals surface area contributed by atoms with E-state index in [1.807, 2.05) is 0 Å². The molecule has 1 aromatic carbocycles. The minimum atomic E-state index is -4.30. The lowest BCUT2D eigenvalue weighted by Gasteiger charge is -2.24. The standard InChI is InChI=1S/C11H12ClF4N/c1-5-3-7(8(12)4-6(5)2)9(17)11(15,16)10(13)14/h3-4,9-10H,17H2,1-2H3. The number of benzene rings is 1. The second-order valence-corrected chi connectivity index (χ2v) is 4.32. The summed E-state index contributed by atoms with van der Waals surface area (Å²) in [4.78, 5) is 0. The van der Waals surface area contributed by atoms with E-state index in [0.29, 0.717) is 5.56 Å². The summed E-state index contributed by atoms with van der Waals surface area (Å²) in [5.74, 6) is -4.30. The lowest BCUT2D eigenvalue weighted by molar-refractivity contribution is -0.144. The van der Waals surface area contributed by atoms with E-state index in [1.165, 1.54) is 12.1 Å². The summed E-state index contributed by atoms with van der Waals surface area (Å²) in [7, 11) is 0. The molecule has 1 unspecified atom stereocenters. The number of hydrogen-bond acceptors (Lipinski definition) is 1. The molecular weight excluding hydrogens is 258 g/mol. The van der Waals surface area contributed by atoms with Crippen LogP contribution in [-0.2, 0) is 0 Å². The molecule has 0 aliphatic carbocycles. The Morgan fingerprint density at radius 3 is 2.12 bits per heavy atom. The average Bonchev–Trinajstić information content (AvgIpc) is 2.22. The normalized spacial score (nSPS) is 14.2. The highest BCUT2D eigenvalue weighted by atomic mass is 35.5. The third-order valence-corrected chi connectivity index (χ3v) is 2.98. The van der Waals surface area contributed by atoms with Crippen molar-refractivity contribution in [2.75, 3.05) is 0 Å². The zero-order valence-electron chi connectivity index (χ0n) is 9.28. The van der Waals surface area contributed by atoms with Crippen LogP contribution in [0.5, 0.6) is 0 Å². The predicted molar refractivity (Wildman–Crippen MR) is 58.8 cm³/mol. The molecule has 1 atom stereocenters. The quantitative estimate of drug-likeness (QED) is 0.829. The van der Waals surface area contributed by atoms with Gasteiger partial charge in [-0.15, -0.1) is 0 Å². The maximum absolute atomic E-state index is 13.1. The van der Waals surface area contributed by atoms with Crippen molar-refractivity contribution in [3.05, 3.63) is 33.8 Å². The van der Waals surface area contributed by atoms with Crippen LogP contribution in [0.15, 0.2) is 12.1 Å². The molecule has 0 radical (unpaired) electrons. The smallest absolute Gasteiger partial charge is 0.319 e. The van der Waals surface area contributed by atoms with E-state index in [9.17, 15) is 17.6 Å². The highest BCUT2D eigenvalue weighted by Gasteiger charge is 2.48. The van der Waals surface area contributed by atoms with Crippen LogP contribution in [0.2, 0.25) is 5.02 Å². The molecule has 1 nitrogen and oxygen atoms in total. The van der Waals surface area contributed by atoms with Crippen molar-refractivity contribution >= 4 is 11.6 Å². The van der Waals surface area contributed by atoms with E-state index in [2.05, 4.69) is 0 Å². The second-order valence-electron chi connectivity index (χ2n) is 3.91. The van der Waals surface area contributed by atoms with Gasteiger partial charge in [0.05, 0.1) is 0 Å². The Morgan fingerprint density at radius 1 is 1.18 bits per heavy atom.